The van der Waals surface area contributed by atoms with Crippen molar-refractivity contribution in [3.8, 4) is 11.9 Å². The van der Waals surface area contributed by atoms with Crippen LogP contribution in [-0.4, -0.2) is 40.7 Å². The van der Waals surface area contributed by atoms with Gasteiger partial charge in [0.2, 0.25) is 5.88 Å². The van der Waals surface area contributed by atoms with Crippen LogP contribution in [0.5, 0.6) is 11.9 Å². The Morgan fingerprint density at radius 2 is 1.79 bits per heavy atom. The molecule has 0 radical (unpaired) electrons. The first-order valence-electron chi connectivity index (χ1n) is 10.00. The lowest BCUT2D eigenvalue weighted by atomic mass is 9.53. The molecular weight excluding hydrogens is 390 g/mol. The highest BCUT2D eigenvalue weighted by molar-refractivity contribution is 7.80. The molecule has 0 spiro atoms. The van der Waals surface area contributed by atoms with Crippen LogP contribution in [-0.2, 0) is 4.79 Å². The molecule has 4 aliphatic rings. The fourth-order valence-electron chi connectivity index (χ4n) is 5.60. The summed E-state index contributed by atoms with van der Waals surface area (Å²) in [5.74, 6) is 2.48. The monoisotopic (exact) mass is 417 g/mol. The van der Waals surface area contributed by atoms with Crippen molar-refractivity contribution < 1.29 is 14.3 Å². The predicted molar refractivity (Wildman–Crippen MR) is 112 cm³/mol. The van der Waals surface area contributed by atoms with E-state index >= 15 is 0 Å². The van der Waals surface area contributed by atoms with E-state index in [4.69, 9.17) is 21.7 Å². The molecule has 1 heterocycles. The predicted octanol–water partition coefficient (Wildman–Crippen LogP) is 1.97. The van der Waals surface area contributed by atoms with E-state index in [0.717, 1.165) is 17.8 Å². The molecule has 1 aromatic heterocycles. The molecule has 4 saturated carbocycles. The summed E-state index contributed by atoms with van der Waals surface area (Å²) in [6, 6.07) is 0.200. The first-order valence-corrected chi connectivity index (χ1v) is 10.4. The standard InChI is InChI=1S/C20H27N5O3S/c1-27-17-15(11-21-18(22-17)28-2)3-4-16(26)24-25-19(29)23-20-8-12-5-13(9-20)7-14(6-12)10-20/h3-4,11-14H,5-10H2,1-2H3,(H,24,26)(H2,23,25,29)/b4-3-. The summed E-state index contributed by atoms with van der Waals surface area (Å²) >= 11 is 5.44. The third kappa shape index (κ3) is 4.44. The van der Waals surface area contributed by atoms with Gasteiger partial charge in [0.25, 0.3) is 5.91 Å². The number of nitrogens with one attached hydrogen (secondary N) is 3. The van der Waals surface area contributed by atoms with Crippen LogP contribution in [0.3, 0.4) is 0 Å². The van der Waals surface area contributed by atoms with Crippen LogP contribution < -0.4 is 25.6 Å². The van der Waals surface area contributed by atoms with Gasteiger partial charge in [-0.15, -0.1) is 0 Å². The number of nitrogens with zero attached hydrogens (tertiary/aromatic N) is 2. The summed E-state index contributed by atoms with van der Waals surface area (Å²) in [4.78, 5) is 20.3. The minimum Gasteiger partial charge on any atom is -0.480 e. The molecule has 29 heavy (non-hydrogen) atoms. The van der Waals surface area contributed by atoms with Gasteiger partial charge in [0.05, 0.1) is 19.8 Å². The SMILES string of the molecule is COc1ncc(/C=C\C(=O)NNC(=S)NC23CC4CC(CC(C4)C2)C3)c(OC)n1. The van der Waals surface area contributed by atoms with Crippen LogP contribution in [0.4, 0.5) is 0 Å². The Kier molecular flexibility index (Phi) is 5.58. The number of carbonyl (C=O) groups excluding carboxylic acids is 1. The molecule has 156 valence electrons. The number of ether oxygens (including phenoxy) is 2. The summed E-state index contributed by atoms with van der Waals surface area (Å²) in [6.07, 6.45) is 12.2. The van der Waals surface area contributed by atoms with Gasteiger partial charge in [0.1, 0.15) is 0 Å². The fraction of sp³-hybridized carbons (Fsp3) is 0.600. The number of hydrogen-bond donors (Lipinski definition) is 3. The molecule has 9 heteroatoms. The number of methoxy groups -OCH3 is 2. The van der Waals surface area contributed by atoms with Gasteiger partial charge < -0.3 is 14.8 Å². The second-order valence-corrected chi connectivity index (χ2v) is 8.83. The maximum absolute atomic E-state index is 12.2. The molecule has 8 nitrogen and oxygen atoms in total. The summed E-state index contributed by atoms with van der Waals surface area (Å²) in [7, 11) is 2.97. The molecule has 1 amide bonds. The number of thiocarbonyl (C=S) groups is 1. The largest absolute Gasteiger partial charge is 0.480 e. The lowest BCUT2D eigenvalue weighted by molar-refractivity contribution is -0.117. The quantitative estimate of drug-likeness (QED) is 0.380. The Balaban J connectivity index is 1.29. The third-order valence-corrected chi connectivity index (χ3v) is 6.47. The average Bonchev–Trinajstić information content (AvgIpc) is 2.69. The van der Waals surface area contributed by atoms with Gasteiger partial charge in [-0.1, -0.05) is 0 Å². The van der Waals surface area contributed by atoms with Gasteiger partial charge >= 0.3 is 6.01 Å². The molecule has 0 aromatic carbocycles. The van der Waals surface area contributed by atoms with Crippen molar-refractivity contribution >= 4 is 29.3 Å². The second kappa shape index (κ2) is 8.14. The van der Waals surface area contributed by atoms with E-state index in [9.17, 15) is 4.79 Å². The van der Waals surface area contributed by atoms with Gasteiger partial charge in [-0.05, 0) is 74.6 Å². The van der Waals surface area contributed by atoms with Gasteiger partial charge in [-0.3, -0.25) is 15.6 Å². The molecule has 4 fully saturated rings. The molecular formula is C20H27N5O3S. The first kappa shape index (κ1) is 19.9. The second-order valence-electron chi connectivity index (χ2n) is 8.42. The van der Waals surface area contributed by atoms with Crippen molar-refractivity contribution in [2.75, 3.05) is 14.2 Å². The number of amides is 1. The van der Waals surface area contributed by atoms with E-state index < -0.39 is 0 Å². The van der Waals surface area contributed by atoms with E-state index in [1.54, 1.807) is 6.08 Å². The maximum atomic E-state index is 12.2. The van der Waals surface area contributed by atoms with E-state index in [1.165, 1.54) is 65.0 Å². The Morgan fingerprint density at radius 3 is 2.38 bits per heavy atom. The van der Waals surface area contributed by atoms with E-state index in [2.05, 4.69) is 26.1 Å². The highest BCUT2D eigenvalue weighted by Gasteiger charge is 2.51. The van der Waals surface area contributed by atoms with Crippen molar-refractivity contribution in [3.63, 3.8) is 0 Å². The topological polar surface area (TPSA) is 97.4 Å². The lowest BCUT2D eigenvalue weighted by Crippen LogP contribution is -2.62. The number of rotatable bonds is 5. The van der Waals surface area contributed by atoms with E-state index in [0.29, 0.717) is 16.6 Å². The molecule has 0 saturated heterocycles. The van der Waals surface area contributed by atoms with E-state index in [1.807, 2.05) is 0 Å². The number of aromatic nitrogens is 2. The summed E-state index contributed by atoms with van der Waals surface area (Å²) in [5.41, 5.74) is 6.11. The number of hydrazine groups is 1. The minimum absolute atomic E-state index is 0.104. The van der Waals surface area contributed by atoms with Crippen molar-refractivity contribution in [2.45, 2.75) is 44.1 Å². The lowest BCUT2D eigenvalue weighted by Gasteiger charge is -2.57. The van der Waals surface area contributed by atoms with Crippen LogP contribution >= 0.6 is 12.2 Å². The van der Waals surface area contributed by atoms with Crippen LogP contribution in [0.2, 0.25) is 0 Å². The normalized spacial score (nSPS) is 29.5. The van der Waals surface area contributed by atoms with Crippen LogP contribution in [0.15, 0.2) is 12.3 Å². The molecule has 0 aliphatic heterocycles. The molecule has 0 atom stereocenters. The maximum Gasteiger partial charge on any atom is 0.319 e. The van der Waals surface area contributed by atoms with Gasteiger partial charge in [0, 0.05) is 17.8 Å². The number of hydrogen-bond acceptors (Lipinski definition) is 6. The van der Waals surface area contributed by atoms with Crippen molar-refractivity contribution in [1.82, 2.24) is 26.1 Å². The Bertz CT molecular complexity index is 793. The minimum atomic E-state index is -0.336. The fourth-order valence-corrected chi connectivity index (χ4v) is 5.87. The Morgan fingerprint density at radius 1 is 1.14 bits per heavy atom. The average molecular weight is 418 g/mol. The molecule has 1 aromatic rings. The summed E-state index contributed by atoms with van der Waals surface area (Å²) in [5, 5.41) is 3.98. The number of carbonyl (C=O) groups is 1. The summed E-state index contributed by atoms with van der Waals surface area (Å²) < 4.78 is 10.2. The molecule has 5 rings (SSSR count). The van der Waals surface area contributed by atoms with Crippen molar-refractivity contribution in [2.24, 2.45) is 17.8 Å². The summed E-state index contributed by atoms with van der Waals surface area (Å²) in [6.45, 7) is 0. The van der Waals surface area contributed by atoms with Crippen LogP contribution in [0.25, 0.3) is 6.08 Å². The van der Waals surface area contributed by atoms with Crippen molar-refractivity contribution in [1.29, 1.82) is 0 Å². The molecule has 0 unspecified atom stereocenters. The van der Waals surface area contributed by atoms with Gasteiger partial charge in [0.15, 0.2) is 5.11 Å². The third-order valence-electron chi connectivity index (χ3n) is 6.26. The smallest absolute Gasteiger partial charge is 0.319 e. The molecule has 3 N–H and O–H groups in total. The molecule has 4 aliphatic carbocycles. The zero-order chi connectivity index (χ0) is 20.4. The van der Waals surface area contributed by atoms with E-state index in [-0.39, 0.29) is 17.5 Å². The van der Waals surface area contributed by atoms with Gasteiger partial charge in [-0.2, -0.15) is 4.98 Å². The highest BCUT2D eigenvalue weighted by atomic mass is 32.1. The molecule has 4 bridgehead atoms. The Labute approximate surface area is 175 Å². The zero-order valence-electron chi connectivity index (χ0n) is 16.7. The van der Waals surface area contributed by atoms with Crippen molar-refractivity contribution in [3.05, 3.63) is 17.8 Å². The van der Waals surface area contributed by atoms with Gasteiger partial charge in [-0.25, -0.2) is 4.98 Å². The highest BCUT2D eigenvalue weighted by Crippen LogP contribution is 2.55. The zero-order valence-corrected chi connectivity index (χ0v) is 17.6. The van der Waals surface area contributed by atoms with Crippen LogP contribution in [0.1, 0.15) is 44.1 Å². The van der Waals surface area contributed by atoms with Crippen LogP contribution in [0, 0.1) is 17.8 Å². The first-order chi connectivity index (χ1) is 14.0. The Hall–Kier alpha value is -2.42.